The highest BCUT2D eigenvalue weighted by Crippen LogP contribution is 1.88. The van der Waals surface area contributed by atoms with Crippen LogP contribution in [-0.2, 0) is 0 Å². The first kappa shape index (κ1) is 9.43. The molecular formula is C7H14FNO. The van der Waals surface area contributed by atoms with Crippen molar-refractivity contribution in [1.82, 2.24) is 5.32 Å². The summed E-state index contributed by atoms with van der Waals surface area (Å²) >= 11 is 0. The number of nitrogens with one attached hydrogen (secondary N) is 1. The van der Waals surface area contributed by atoms with E-state index in [1.807, 2.05) is 0 Å². The van der Waals surface area contributed by atoms with E-state index in [-0.39, 0.29) is 0 Å². The minimum Gasteiger partial charge on any atom is -0.516 e. The molecule has 0 amide bonds. The van der Waals surface area contributed by atoms with Gasteiger partial charge in [-0.15, -0.1) is 0 Å². The van der Waals surface area contributed by atoms with Crippen LogP contribution in [0.5, 0.6) is 0 Å². The SMILES string of the molecule is C/C(=C/O)CNCC(C)F. The van der Waals surface area contributed by atoms with Crippen molar-refractivity contribution in [2.24, 2.45) is 0 Å². The van der Waals surface area contributed by atoms with Crippen LogP contribution in [0.25, 0.3) is 0 Å². The zero-order chi connectivity index (χ0) is 7.98. The van der Waals surface area contributed by atoms with E-state index in [1.54, 1.807) is 6.92 Å². The van der Waals surface area contributed by atoms with Gasteiger partial charge in [0.1, 0.15) is 6.17 Å². The van der Waals surface area contributed by atoms with Gasteiger partial charge in [-0.3, -0.25) is 0 Å². The predicted octanol–water partition coefficient (Wildman–Crippen LogP) is 1.40. The van der Waals surface area contributed by atoms with Crippen molar-refractivity contribution in [3.8, 4) is 0 Å². The molecule has 0 rings (SSSR count). The monoisotopic (exact) mass is 147 g/mol. The Labute approximate surface area is 60.7 Å². The van der Waals surface area contributed by atoms with Gasteiger partial charge in [0.25, 0.3) is 0 Å². The smallest absolute Gasteiger partial charge is 0.110 e. The lowest BCUT2D eigenvalue weighted by atomic mass is 10.3. The maximum absolute atomic E-state index is 12.1. The van der Waals surface area contributed by atoms with E-state index in [0.29, 0.717) is 13.1 Å². The van der Waals surface area contributed by atoms with Crippen LogP contribution in [0.4, 0.5) is 4.39 Å². The summed E-state index contributed by atoms with van der Waals surface area (Å²) in [5.74, 6) is 0. The summed E-state index contributed by atoms with van der Waals surface area (Å²) in [6.07, 6.45) is 0.196. The van der Waals surface area contributed by atoms with Crippen LogP contribution in [0.2, 0.25) is 0 Å². The summed E-state index contributed by atoms with van der Waals surface area (Å²) in [5.41, 5.74) is 0.806. The van der Waals surface area contributed by atoms with Crippen molar-refractivity contribution in [2.75, 3.05) is 13.1 Å². The first-order valence-electron chi connectivity index (χ1n) is 3.31. The molecular weight excluding hydrogens is 133 g/mol. The summed E-state index contributed by atoms with van der Waals surface area (Å²) in [7, 11) is 0. The highest BCUT2D eigenvalue weighted by Gasteiger charge is 1.95. The molecule has 3 heteroatoms. The summed E-state index contributed by atoms with van der Waals surface area (Å²) in [6, 6.07) is 0. The number of aliphatic hydroxyl groups excluding tert-OH is 1. The van der Waals surface area contributed by atoms with E-state index in [9.17, 15) is 4.39 Å². The third kappa shape index (κ3) is 5.56. The van der Waals surface area contributed by atoms with E-state index in [1.165, 1.54) is 6.92 Å². The van der Waals surface area contributed by atoms with Gasteiger partial charge in [-0.2, -0.15) is 0 Å². The van der Waals surface area contributed by atoms with E-state index in [0.717, 1.165) is 11.8 Å². The Hall–Kier alpha value is -0.570. The van der Waals surface area contributed by atoms with Crippen molar-refractivity contribution in [2.45, 2.75) is 20.0 Å². The molecule has 0 fully saturated rings. The van der Waals surface area contributed by atoms with Crippen molar-refractivity contribution in [3.63, 3.8) is 0 Å². The van der Waals surface area contributed by atoms with Crippen molar-refractivity contribution < 1.29 is 9.50 Å². The average Bonchev–Trinajstić information content (AvgIpc) is 1.87. The largest absolute Gasteiger partial charge is 0.516 e. The Balaban J connectivity index is 3.20. The number of aliphatic hydroxyl groups is 1. The van der Waals surface area contributed by atoms with Crippen LogP contribution in [0, 0.1) is 0 Å². The minimum atomic E-state index is -0.827. The Morgan fingerprint density at radius 3 is 2.80 bits per heavy atom. The van der Waals surface area contributed by atoms with Crippen molar-refractivity contribution in [3.05, 3.63) is 11.8 Å². The van der Waals surface area contributed by atoms with Gasteiger partial charge in [0.05, 0.1) is 6.26 Å². The number of rotatable bonds is 4. The van der Waals surface area contributed by atoms with E-state index in [2.05, 4.69) is 5.32 Å². The first-order chi connectivity index (χ1) is 4.66. The molecule has 60 valence electrons. The molecule has 0 heterocycles. The Kier molecular flexibility index (Phi) is 4.94. The van der Waals surface area contributed by atoms with Gasteiger partial charge in [0.15, 0.2) is 0 Å². The first-order valence-corrected chi connectivity index (χ1v) is 3.31. The van der Waals surface area contributed by atoms with Gasteiger partial charge in [0, 0.05) is 13.1 Å². The van der Waals surface area contributed by atoms with Gasteiger partial charge >= 0.3 is 0 Å². The third-order valence-electron chi connectivity index (χ3n) is 1.05. The topological polar surface area (TPSA) is 32.3 Å². The Bertz CT molecular complexity index is 112. The number of alkyl halides is 1. The lowest BCUT2D eigenvalue weighted by molar-refractivity contribution is 0.347. The van der Waals surface area contributed by atoms with Gasteiger partial charge in [-0.1, -0.05) is 0 Å². The molecule has 2 nitrogen and oxygen atoms in total. The summed E-state index contributed by atoms with van der Waals surface area (Å²) in [4.78, 5) is 0. The highest BCUT2D eigenvalue weighted by molar-refractivity contribution is 4.94. The van der Waals surface area contributed by atoms with E-state index in [4.69, 9.17) is 5.11 Å². The van der Waals surface area contributed by atoms with Gasteiger partial charge in [-0.05, 0) is 19.4 Å². The maximum atomic E-state index is 12.1. The quantitative estimate of drug-likeness (QED) is 0.589. The van der Waals surface area contributed by atoms with Gasteiger partial charge in [0.2, 0.25) is 0 Å². The number of halogens is 1. The second-order valence-corrected chi connectivity index (χ2v) is 2.39. The van der Waals surface area contributed by atoms with E-state index < -0.39 is 6.17 Å². The summed E-state index contributed by atoms with van der Waals surface area (Å²) in [6.45, 7) is 4.15. The van der Waals surface area contributed by atoms with E-state index >= 15 is 0 Å². The fourth-order valence-corrected chi connectivity index (χ4v) is 0.514. The molecule has 2 N–H and O–H groups in total. The molecule has 0 radical (unpaired) electrons. The lowest BCUT2D eigenvalue weighted by Crippen LogP contribution is -2.23. The van der Waals surface area contributed by atoms with Crippen LogP contribution in [-0.4, -0.2) is 24.4 Å². The molecule has 0 aliphatic rings. The minimum absolute atomic E-state index is 0.338. The Morgan fingerprint density at radius 1 is 1.80 bits per heavy atom. The van der Waals surface area contributed by atoms with Crippen LogP contribution in [0.1, 0.15) is 13.8 Å². The van der Waals surface area contributed by atoms with Gasteiger partial charge < -0.3 is 10.4 Å². The standard InChI is InChI=1S/C7H14FNO/c1-6(5-10)3-9-4-7(2)8/h5,7,9-10H,3-4H2,1-2H3/b6-5-. The van der Waals surface area contributed by atoms with Crippen molar-refractivity contribution in [1.29, 1.82) is 0 Å². The normalized spacial score (nSPS) is 15.3. The molecule has 1 atom stereocenters. The average molecular weight is 147 g/mol. The molecule has 0 bridgehead atoms. The summed E-state index contributed by atoms with van der Waals surface area (Å²) in [5, 5.41) is 11.2. The third-order valence-corrected chi connectivity index (χ3v) is 1.05. The van der Waals surface area contributed by atoms with Crippen LogP contribution in [0.3, 0.4) is 0 Å². The zero-order valence-electron chi connectivity index (χ0n) is 6.39. The fraction of sp³-hybridized carbons (Fsp3) is 0.714. The second kappa shape index (κ2) is 5.23. The molecule has 0 aromatic heterocycles. The van der Waals surface area contributed by atoms with Crippen LogP contribution >= 0.6 is 0 Å². The van der Waals surface area contributed by atoms with Crippen molar-refractivity contribution >= 4 is 0 Å². The number of hydrogen-bond donors (Lipinski definition) is 2. The lowest BCUT2D eigenvalue weighted by Gasteiger charge is -2.03. The molecule has 0 aliphatic carbocycles. The zero-order valence-corrected chi connectivity index (χ0v) is 6.39. The van der Waals surface area contributed by atoms with Crippen LogP contribution in [0.15, 0.2) is 11.8 Å². The molecule has 1 unspecified atom stereocenters. The molecule has 0 aromatic carbocycles. The van der Waals surface area contributed by atoms with Crippen LogP contribution < -0.4 is 5.32 Å². The Morgan fingerprint density at radius 2 is 2.40 bits per heavy atom. The maximum Gasteiger partial charge on any atom is 0.110 e. The molecule has 0 aliphatic heterocycles. The predicted molar refractivity (Wildman–Crippen MR) is 39.8 cm³/mol. The van der Waals surface area contributed by atoms with Gasteiger partial charge in [-0.25, -0.2) is 4.39 Å². The summed E-state index contributed by atoms with van der Waals surface area (Å²) < 4.78 is 12.1. The molecule has 0 aromatic rings. The molecule has 0 saturated carbocycles. The molecule has 0 saturated heterocycles. The molecule has 0 spiro atoms. The second-order valence-electron chi connectivity index (χ2n) is 2.39. The highest BCUT2D eigenvalue weighted by atomic mass is 19.1. The number of hydrogen-bond acceptors (Lipinski definition) is 2. The molecule has 10 heavy (non-hydrogen) atoms. The fourth-order valence-electron chi connectivity index (χ4n) is 0.514.